The highest BCUT2D eigenvalue weighted by atomic mass is 35.5. The normalized spacial score (nSPS) is 12.1. The SMILES string of the molecule is CCN(CC)S(=O)(=O)c1cc(N)ccc1OCC(F)(F)F.Cl. The molecule has 0 unspecified atom stereocenters. The van der Waals surface area contributed by atoms with E-state index < -0.39 is 22.8 Å². The third-order valence-electron chi connectivity index (χ3n) is 2.68. The number of anilines is 1. The highest BCUT2D eigenvalue weighted by Gasteiger charge is 2.31. The fourth-order valence-electron chi connectivity index (χ4n) is 1.71. The molecule has 0 amide bonds. The van der Waals surface area contributed by atoms with E-state index in [9.17, 15) is 21.6 Å². The molecule has 1 aromatic carbocycles. The summed E-state index contributed by atoms with van der Waals surface area (Å²) < 4.78 is 67.2. The number of benzene rings is 1. The first-order chi connectivity index (χ1) is 9.61. The number of rotatable bonds is 6. The van der Waals surface area contributed by atoms with Gasteiger partial charge in [0.1, 0.15) is 10.6 Å². The number of sulfonamides is 1. The summed E-state index contributed by atoms with van der Waals surface area (Å²) in [6, 6.07) is 3.50. The summed E-state index contributed by atoms with van der Waals surface area (Å²) in [6.45, 7) is 2.06. The molecule has 5 nitrogen and oxygen atoms in total. The van der Waals surface area contributed by atoms with Crippen LogP contribution in [0.15, 0.2) is 23.1 Å². The molecule has 0 saturated heterocycles. The van der Waals surface area contributed by atoms with Gasteiger partial charge in [-0.15, -0.1) is 12.4 Å². The van der Waals surface area contributed by atoms with E-state index >= 15 is 0 Å². The summed E-state index contributed by atoms with van der Waals surface area (Å²) in [6.07, 6.45) is -4.56. The van der Waals surface area contributed by atoms with Gasteiger partial charge < -0.3 is 10.5 Å². The van der Waals surface area contributed by atoms with Crippen molar-refractivity contribution in [3.63, 3.8) is 0 Å². The Morgan fingerprint density at radius 2 is 1.77 bits per heavy atom. The lowest BCUT2D eigenvalue weighted by molar-refractivity contribution is -0.153. The first-order valence-corrected chi connectivity index (χ1v) is 7.65. The van der Waals surface area contributed by atoms with Gasteiger partial charge in [-0.2, -0.15) is 17.5 Å². The number of nitrogens with two attached hydrogens (primary N) is 1. The van der Waals surface area contributed by atoms with E-state index in [-0.39, 0.29) is 41.8 Å². The highest BCUT2D eigenvalue weighted by molar-refractivity contribution is 7.89. The van der Waals surface area contributed by atoms with Gasteiger partial charge in [-0.1, -0.05) is 13.8 Å². The van der Waals surface area contributed by atoms with Crippen molar-refractivity contribution in [2.75, 3.05) is 25.4 Å². The molecule has 0 aromatic heterocycles. The minimum Gasteiger partial charge on any atom is -0.483 e. The van der Waals surface area contributed by atoms with Crippen molar-refractivity contribution < 1.29 is 26.3 Å². The quantitative estimate of drug-likeness (QED) is 0.790. The van der Waals surface area contributed by atoms with Crippen LogP contribution in [0.25, 0.3) is 0 Å². The van der Waals surface area contributed by atoms with Gasteiger partial charge in [0.05, 0.1) is 0 Å². The van der Waals surface area contributed by atoms with Crippen molar-refractivity contribution >= 4 is 28.1 Å². The van der Waals surface area contributed by atoms with Crippen LogP contribution in [-0.2, 0) is 10.0 Å². The van der Waals surface area contributed by atoms with Crippen LogP contribution in [-0.4, -0.2) is 38.6 Å². The Labute approximate surface area is 133 Å². The summed E-state index contributed by atoms with van der Waals surface area (Å²) in [5.74, 6) is -0.367. The second kappa shape index (κ2) is 7.89. The molecule has 0 aliphatic rings. The molecule has 0 aliphatic heterocycles. The molecule has 0 aliphatic carbocycles. The zero-order chi connectivity index (χ0) is 16.3. The zero-order valence-electron chi connectivity index (χ0n) is 12.1. The minimum atomic E-state index is -4.56. The molecular formula is C12H18ClF3N2O3S. The summed E-state index contributed by atoms with van der Waals surface area (Å²) in [7, 11) is -3.96. The maximum Gasteiger partial charge on any atom is 0.422 e. The van der Waals surface area contributed by atoms with Crippen molar-refractivity contribution in [1.29, 1.82) is 0 Å². The van der Waals surface area contributed by atoms with Crippen LogP contribution in [0.2, 0.25) is 0 Å². The van der Waals surface area contributed by atoms with Gasteiger partial charge in [-0.25, -0.2) is 8.42 Å². The summed E-state index contributed by atoms with van der Waals surface area (Å²) in [4.78, 5) is -0.365. The number of nitrogen functional groups attached to an aromatic ring is 1. The summed E-state index contributed by atoms with van der Waals surface area (Å²) in [5, 5.41) is 0. The van der Waals surface area contributed by atoms with Gasteiger partial charge in [-0.3, -0.25) is 0 Å². The Hall–Kier alpha value is -1.19. The number of hydrogen-bond donors (Lipinski definition) is 1. The molecule has 1 rings (SSSR count). The zero-order valence-corrected chi connectivity index (χ0v) is 13.7. The van der Waals surface area contributed by atoms with Gasteiger partial charge in [0.2, 0.25) is 10.0 Å². The van der Waals surface area contributed by atoms with E-state index in [2.05, 4.69) is 4.74 Å². The largest absolute Gasteiger partial charge is 0.483 e. The average Bonchev–Trinajstić information content (AvgIpc) is 2.37. The Kier molecular flexibility index (Phi) is 7.46. The minimum absolute atomic E-state index is 0. The van der Waals surface area contributed by atoms with Crippen molar-refractivity contribution in [1.82, 2.24) is 4.31 Å². The Morgan fingerprint density at radius 3 is 2.23 bits per heavy atom. The first-order valence-electron chi connectivity index (χ1n) is 6.21. The van der Waals surface area contributed by atoms with Gasteiger partial charge >= 0.3 is 6.18 Å². The lowest BCUT2D eigenvalue weighted by Gasteiger charge is -2.21. The Morgan fingerprint density at radius 1 is 1.23 bits per heavy atom. The van der Waals surface area contributed by atoms with Crippen molar-refractivity contribution in [2.45, 2.75) is 24.9 Å². The van der Waals surface area contributed by atoms with Crippen molar-refractivity contribution in [3.05, 3.63) is 18.2 Å². The smallest absolute Gasteiger partial charge is 0.422 e. The fourth-order valence-corrected chi connectivity index (χ4v) is 3.33. The summed E-state index contributed by atoms with van der Waals surface area (Å²) in [5.41, 5.74) is 5.65. The maximum atomic E-state index is 12.4. The van der Waals surface area contributed by atoms with E-state index in [0.29, 0.717) is 0 Å². The van der Waals surface area contributed by atoms with Gasteiger partial charge in [0, 0.05) is 18.8 Å². The summed E-state index contributed by atoms with van der Waals surface area (Å²) >= 11 is 0. The lowest BCUT2D eigenvalue weighted by Crippen LogP contribution is -2.31. The van der Waals surface area contributed by atoms with Crippen LogP contribution in [0.5, 0.6) is 5.75 Å². The van der Waals surface area contributed by atoms with E-state index in [0.717, 1.165) is 16.4 Å². The van der Waals surface area contributed by atoms with Crippen LogP contribution in [0.4, 0.5) is 18.9 Å². The third kappa shape index (κ3) is 5.22. The number of halogens is 4. The molecule has 0 heterocycles. The maximum absolute atomic E-state index is 12.4. The molecule has 0 spiro atoms. The molecule has 0 bridgehead atoms. The second-order valence-corrected chi connectivity index (χ2v) is 6.11. The Bertz CT molecular complexity index is 590. The molecule has 0 atom stereocenters. The topological polar surface area (TPSA) is 72.6 Å². The molecule has 22 heavy (non-hydrogen) atoms. The van der Waals surface area contributed by atoms with E-state index in [1.807, 2.05) is 0 Å². The number of hydrogen-bond acceptors (Lipinski definition) is 4. The number of ether oxygens (including phenoxy) is 1. The molecule has 0 fully saturated rings. The third-order valence-corrected chi connectivity index (χ3v) is 4.75. The van der Waals surface area contributed by atoms with Gasteiger partial charge in [0.25, 0.3) is 0 Å². The molecule has 128 valence electrons. The highest BCUT2D eigenvalue weighted by Crippen LogP contribution is 2.30. The molecular weight excluding hydrogens is 345 g/mol. The standard InChI is InChI=1S/C12H17F3N2O3S.ClH/c1-3-17(4-2)21(18,19)11-7-9(16)5-6-10(11)20-8-12(13,14)15;/h5-7H,3-4,8,16H2,1-2H3;1H. The molecule has 0 radical (unpaired) electrons. The molecule has 10 heteroatoms. The molecule has 2 N–H and O–H groups in total. The van der Waals surface area contributed by atoms with E-state index in [1.165, 1.54) is 6.07 Å². The number of nitrogens with zero attached hydrogens (tertiary/aromatic N) is 1. The van der Waals surface area contributed by atoms with E-state index in [4.69, 9.17) is 5.73 Å². The van der Waals surface area contributed by atoms with Crippen molar-refractivity contribution in [3.8, 4) is 5.75 Å². The fraction of sp³-hybridized carbons (Fsp3) is 0.500. The van der Waals surface area contributed by atoms with Crippen LogP contribution >= 0.6 is 12.4 Å². The van der Waals surface area contributed by atoms with Crippen molar-refractivity contribution in [2.24, 2.45) is 0 Å². The average molecular weight is 363 g/mol. The van der Waals surface area contributed by atoms with Gasteiger partial charge in [-0.05, 0) is 18.2 Å². The number of alkyl halides is 3. The van der Waals surface area contributed by atoms with Crippen LogP contribution in [0, 0.1) is 0 Å². The first kappa shape index (κ1) is 20.8. The second-order valence-electron chi connectivity index (χ2n) is 4.20. The predicted octanol–water partition coefficient (Wildman–Crippen LogP) is 2.66. The monoisotopic (exact) mass is 362 g/mol. The van der Waals surface area contributed by atoms with Crippen LogP contribution in [0.3, 0.4) is 0 Å². The molecule has 0 saturated carbocycles. The van der Waals surface area contributed by atoms with E-state index in [1.54, 1.807) is 13.8 Å². The van der Waals surface area contributed by atoms with Crippen LogP contribution in [0.1, 0.15) is 13.8 Å². The van der Waals surface area contributed by atoms with Gasteiger partial charge in [0.15, 0.2) is 6.61 Å². The lowest BCUT2D eigenvalue weighted by atomic mass is 10.3. The predicted molar refractivity (Wildman–Crippen MR) is 79.8 cm³/mol. The van der Waals surface area contributed by atoms with Crippen LogP contribution < -0.4 is 10.5 Å². The molecule has 1 aromatic rings. The Balaban J connectivity index is 0.00000441.